The summed E-state index contributed by atoms with van der Waals surface area (Å²) in [4.78, 5) is 45.6. The predicted molar refractivity (Wildman–Crippen MR) is 155 cm³/mol. The molecule has 0 unspecified atom stereocenters. The summed E-state index contributed by atoms with van der Waals surface area (Å²) < 4.78 is 32.7. The maximum Gasteiger partial charge on any atom is 0.328 e. The van der Waals surface area contributed by atoms with Crippen LogP contribution >= 0.6 is 0 Å². The lowest BCUT2D eigenvalue weighted by molar-refractivity contribution is -0.146. The number of likely N-dealkylation sites (tertiary alicyclic amines) is 1. The molecule has 2 atom stereocenters. The third-order valence-electron chi connectivity index (χ3n) is 8.66. The minimum Gasteiger partial charge on any atom is -0.467 e. The van der Waals surface area contributed by atoms with Crippen LogP contribution in [0.3, 0.4) is 0 Å². The lowest BCUT2D eigenvalue weighted by atomic mass is 9.95. The number of nitrogens with zero attached hydrogens (tertiary/aromatic N) is 4. The van der Waals surface area contributed by atoms with Gasteiger partial charge in [-0.25, -0.2) is 13.2 Å². The Kier molecular flexibility index (Phi) is 10.8. The molecule has 3 aliphatic heterocycles. The molecule has 41 heavy (non-hydrogen) atoms. The van der Waals surface area contributed by atoms with Gasteiger partial charge in [0.1, 0.15) is 12.1 Å². The van der Waals surface area contributed by atoms with Crippen LogP contribution in [0, 0.1) is 12.8 Å². The van der Waals surface area contributed by atoms with E-state index in [9.17, 15) is 22.8 Å². The first-order valence-corrected chi connectivity index (χ1v) is 16.2. The molecule has 0 spiro atoms. The predicted octanol–water partition coefficient (Wildman–Crippen LogP) is 1.07. The van der Waals surface area contributed by atoms with E-state index in [4.69, 9.17) is 4.74 Å². The maximum absolute atomic E-state index is 13.3. The number of esters is 1. The molecule has 3 aliphatic rings. The molecule has 3 heterocycles. The third-order valence-corrected chi connectivity index (χ3v) is 10.6. The number of carbonyl (C=O) groups excluding carboxylic acids is 3. The molecule has 0 aromatic heterocycles. The largest absolute Gasteiger partial charge is 0.467 e. The fourth-order valence-corrected chi connectivity index (χ4v) is 7.64. The number of benzene rings is 1. The van der Waals surface area contributed by atoms with E-state index in [0.717, 1.165) is 51.1 Å². The van der Waals surface area contributed by atoms with E-state index in [1.165, 1.54) is 23.5 Å². The minimum absolute atomic E-state index is 0.0457. The first-order valence-electron chi connectivity index (χ1n) is 14.7. The Balaban J connectivity index is 1.28. The van der Waals surface area contributed by atoms with Crippen LogP contribution in [-0.4, -0.2) is 124 Å². The number of sulfonamides is 1. The van der Waals surface area contributed by atoms with Crippen LogP contribution in [0.15, 0.2) is 29.2 Å². The standard InChI is InChI=1S/C29H45N5O6S/c1-22-6-8-24(9-7-22)41(38,39)34-14-4-5-26(34)28(36)30-25(29(37)40-3)10-11-27(35)33-15-12-23(13-16-33)21-32-19-17-31(2)18-20-32/h6-9,23,25-26H,4-5,10-21H2,1-3H3,(H,30,36)/t25-,26-/m0/s1. The molecule has 4 rings (SSSR count). The fourth-order valence-electron chi connectivity index (χ4n) is 5.98. The second-order valence-electron chi connectivity index (χ2n) is 11.6. The van der Waals surface area contributed by atoms with E-state index in [0.29, 0.717) is 31.8 Å². The Labute approximate surface area is 244 Å². The van der Waals surface area contributed by atoms with Gasteiger partial charge in [0.15, 0.2) is 0 Å². The second kappa shape index (κ2) is 14.1. The monoisotopic (exact) mass is 591 g/mol. The average molecular weight is 592 g/mol. The van der Waals surface area contributed by atoms with Crippen LogP contribution in [0.25, 0.3) is 0 Å². The highest BCUT2D eigenvalue weighted by Crippen LogP contribution is 2.27. The summed E-state index contributed by atoms with van der Waals surface area (Å²) in [6.07, 6.45) is 3.00. The zero-order valence-electron chi connectivity index (χ0n) is 24.6. The van der Waals surface area contributed by atoms with Crippen molar-refractivity contribution in [3.63, 3.8) is 0 Å². The minimum atomic E-state index is -3.88. The fraction of sp³-hybridized carbons (Fsp3) is 0.690. The summed E-state index contributed by atoms with van der Waals surface area (Å²) in [5.41, 5.74) is 0.935. The number of methoxy groups -OCH3 is 1. The maximum atomic E-state index is 13.3. The van der Waals surface area contributed by atoms with Gasteiger partial charge in [0.25, 0.3) is 0 Å². The van der Waals surface area contributed by atoms with Crippen molar-refractivity contribution in [1.82, 2.24) is 24.3 Å². The Morgan fingerprint density at radius 1 is 0.976 bits per heavy atom. The molecule has 2 amide bonds. The number of ether oxygens (including phenoxy) is 1. The van der Waals surface area contributed by atoms with E-state index in [1.54, 1.807) is 12.1 Å². The van der Waals surface area contributed by atoms with Crippen LogP contribution in [0.4, 0.5) is 0 Å². The number of rotatable bonds is 10. The zero-order valence-corrected chi connectivity index (χ0v) is 25.4. The number of likely N-dealkylation sites (N-methyl/N-ethyl adjacent to an activating group) is 1. The molecular weight excluding hydrogens is 546 g/mol. The van der Waals surface area contributed by atoms with Crippen molar-refractivity contribution in [3.05, 3.63) is 29.8 Å². The molecular formula is C29H45N5O6S. The molecule has 0 bridgehead atoms. The lowest BCUT2D eigenvalue weighted by Crippen LogP contribution is -2.51. The first-order chi connectivity index (χ1) is 19.6. The van der Waals surface area contributed by atoms with Crippen LogP contribution in [0.1, 0.15) is 44.1 Å². The van der Waals surface area contributed by atoms with Gasteiger partial charge >= 0.3 is 5.97 Å². The van der Waals surface area contributed by atoms with Gasteiger partial charge < -0.3 is 24.8 Å². The highest BCUT2D eigenvalue weighted by molar-refractivity contribution is 7.89. The van der Waals surface area contributed by atoms with Gasteiger partial charge in [0, 0.05) is 58.8 Å². The zero-order chi connectivity index (χ0) is 29.6. The van der Waals surface area contributed by atoms with Crippen molar-refractivity contribution in [1.29, 1.82) is 0 Å². The van der Waals surface area contributed by atoms with Crippen LogP contribution < -0.4 is 5.32 Å². The third kappa shape index (κ3) is 8.06. The van der Waals surface area contributed by atoms with E-state index in [2.05, 4.69) is 22.2 Å². The normalized spacial score (nSPS) is 22.4. The number of carbonyl (C=O) groups is 3. The Hall–Kier alpha value is -2.54. The van der Waals surface area contributed by atoms with Crippen LogP contribution in [0.5, 0.6) is 0 Å². The SMILES string of the molecule is COC(=O)[C@H](CCC(=O)N1CCC(CN2CCN(C)CC2)CC1)NC(=O)[C@@H]1CCCN1S(=O)(=O)c1ccc(C)cc1. The molecule has 0 radical (unpaired) electrons. The molecule has 228 valence electrons. The van der Waals surface area contributed by atoms with Crippen LogP contribution in [-0.2, 0) is 29.1 Å². The Morgan fingerprint density at radius 2 is 1.63 bits per heavy atom. The number of piperidine rings is 1. The number of hydrogen-bond donors (Lipinski definition) is 1. The van der Waals surface area contributed by atoms with Crippen molar-refractivity contribution < 1.29 is 27.5 Å². The average Bonchev–Trinajstić information content (AvgIpc) is 3.48. The van der Waals surface area contributed by atoms with Crippen molar-refractivity contribution in [3.8, 4) is 0 Å². The van der Waals surface area contributed by atoms with E-state index in [-0.39, 0.29) is 30.2 Å². The topological polar surface area (TPSA) is 120 Å². The summed E-state index contributed by atoms with van der Waals surface area (Å²) in [5, 5.41) is 2.69. The van der Waals surface area contributed by atoms with Gasteiger partial charge in [-0.2, -0.15) is 4.31 Å². The highest BCUT2D eigenvalue weighted by Gasteiger charge is 2.40. The quantitative estimate of drug-likeness (QED) is 0.402. The molecule has 0 aliphatic carbocycles. The number of piperazine rings is 1. The molecule has 3 fully saturated rings. The van der Waals surface area contributed by atoms with Gasteiger partial charge in [-0.1, -0.05) is 17.7 Å². The van der Waals surface area contributed by atoms with Crippen molar-refractivity contribution >= 4 is 27.8 Å². The Bertz CT molecular complexity index is 1160. The molecule has 12 heteroatoms. The van der Waals surface area contributed by atoms with Crippen LogP contribution in [0.2, 0.25) is 0 Å². The number of aryl methyl sites for hydroxylation is 1. The van der Waals surface area contributed by atoms with Crippen molar-refractivity contribution in [2.45, 2.75) is 62.4 Å². The second-order valence-corrected chi connectivity index (χ2v) is 13.5. The summed E-state index contributed by atoms with van der Waals surface area (Å²) in [6, 6.07) is 4.56. The highest BCUT2D eigenvalue weighted by atomic mass is 32.2. The molecule has 3 saturated heterocycles. The molecule has 11 nitrogen and oxygen atoms in total. The Morgan fingerprint density at radius 3 is 2.27 bits per heavy atom. The van der Waals surface area contributed by atoms with Crippen molar-refractivity contribution in [2.75, 3.05) is 66.5 Å². The van der Waals surface area contributed by atoms with Gasteiger partial charge in [-0.3, -0.25) is 9.59 Å². The van der Waals surface area contributed by atoms with Crippen molar-refractivity contribution in [2.24, 2.45) is 5.92 Å². The molecule has 1 aromatic rings. The van der Waals surface area contributed by atoms with E-state index < -0.39 is 34.0 Å². The van der Waals surface area contributed by atoms with Gasteiger partial charge in [0.05, 0.1) is 12.0 Å². The summed E-state index contributed by atoms with van der Waals surface area (Å²) >= 11 is 0. The number of nitrogens with one attached hydrogen (secondary N) is 1. The number of amides is 2. The summed E-state index contributed by atoms with van der Waals surface area (Å²) in [7, 11) is -0.493. The number of hydrogen-bond acceptors (Lipinski definition) is 8. The van der Waals surface area contributed by atoms with Gasteiger partial charge in [-0.05, 0) is 64.1 Å². The lowest BCUT2D eigenvalue weighted by Gasteiger charge is -2.38. The van der Waals surface area contributed by atoms with E-state index >= 15 is 0 Å². The van der Waals surface area contributed by atoms with Gasteiger partial charge in [-0.15, -0.1) is 0 Å². The summed E-state index contributed by atoms with van der Waals surface area (Å²) in [5.74, 6) is -0.667. The molecule has 1 N–H and O–H groups in total. The van der Waals surface area contributed by atoms with Gasteiger partial charge in [0.2, 0.25) is 21.8 Å². The summed E-state index contributed by atoms with van der Waals surface area (Å²) in [6.45, 7) is 8.93. The first kappa shape index (κ1) is 31.4. The molecule has 0 saturated carbocycles. The smallest absolute Gasteiger partial charge is 0.328 e. The molecule has 1 aromatic carbocycles. The van der Waals surface area contributed by atoms with E-state index in [1.807, 2.05) is 11.8 Å².